The first-order valence-corrected chi connectivity index (χ1v) is 13.5. The number of unbranched alkanes of at least 4 members (excludes halogenated alkanes) is 10. The zero-order chi connectivity index (χ0) is 22.9. The molecule has 0 aliphatic rings. The molecule has 0 radical (unpaired) electrons. The Labute approximate surface area is 186 Å². The number of rotatable bonds is 19. The molecule has 0 bridgehead atoms. The van der Waals surface area contributed by atoms with Crippen LogP contribution in [-0.4, -0.2) is 52.4 Å². The van der Waals surface area contributed by atoms with Crippen LogP contribution in [0.5, 0.6) is 0 Å². The Bertz CT molecular complexity index is 522. The maximum atomic E-state index is 11.8. The van der Waals surface area contributed by atoms with Gasteiger partial charge in [-0.2, -0.15) is 0 Å². The van der Waals surface area contributed by atoms with E-state index in [2.05, 4.69) is 31.2 Å². The lowest BCUT2D eigenvalue weighted by molar-refractivity contribution is -0.875. The average molecular weight is 447 g/mol. The summed E-state index contributed by atoms with van der Waals surface area (Å²) in [6.07, 6.45) is 24.1. The Morgan fingerprint density at radius 3 is 1.50 bits per heavy atom. The number of quaternary nitrogens is 1. The topological polar surface area (TPSA) is 77.8 Å². The zero-order valence-electron chi connectivity index (χ0n) is 20.1. The molecular formula is C24H49NO4P+. The van der Waals surface area contributed by atoms with Gasteiger partial charge >= 0.3 is 7.60 Å². The molecule has 178 valence electrons. The number of hydrogen-bond donors (Lipinski definition) is 3. The van der Waals surface area contributed by atoms with E-state index in [4.69, 9.17) is 0 Å². The minimum atomic E-state index is -4.56. The Hall–Kier alpha value is -0.450. The second-order valence-corrected chi connectivity index (χ2v) is 11.6. The molecule has 0 amide bonds. The van der Waals surface area contributed by atoms with Gasteiger partial charge in [-0.1, -0.05) is 56.9 Å². The molecule has 0 aromatic rings. The highest BCUT2D eigenvalue weighted by Gasteiger charge is 2.48. The van der Waals surface area contributed by atoms with Gasteiger partial charge in [0, 0.05) is 0 Å². The van der Waals surface area contributed by atoms with Crippen LogP contribution in [0.2, 0.25) is 0 Å². The van der Waals surface area contributed by atoms with E-state index < -0.39 is 12.9 Å². The lowest BCUT2D eigenvalue weighted by Crippen LogP contribution is -2.49. The van der Waals surface area contributed by atoms with Crippen LogP contribution in [0, 0.1) is 0 Å². The van der Waals surface area contributed by atoms with Crippen LogP contribution in [0.15, 0.2) is 24.3 Å². The van der Waals surface area contributed by atoms with E-state index in [1.807, 2.05) is 21.1 Å². The summed E-state index contributed by atoms with van der Waals surface area (Å²) < 4.78 is 12.1. The van der Waals surface area contributed by atoms with Crippen molar-refractivity contribution in [3.63, 3.8) is 0 Å². The van der Waals surface area contributed by atoms with Gasteiger partial charge in [-0.15, -0.1) is 0 Å². The quantitative estimate of drug-likeness (QED) is 0.0962. The third-order valence-electron chi connectivity index (χ3n) is 5.27. The number of likely N-dealkylation sites (N-methyl/N-ethyl adjacent to an activating group) is 1. The number of aliphatic hydroxyl groups is 1. The molecule has 6 heteroatoms. The van der Waals surface area contributed by atoms with Crippen molar-refractivity contribution in [3.05, 3.63) is 24.3 Å². The second-order valence-electron chi connectivity index (χ2n) is 9.65. The molecular weight excluding hydrogens is 397 g/mol. The Morgan fingerprint density at radius 2 is 1.13 bits per heavy atom. The third kappa shape index (κ3) is 16.3. The SMILES string of the molecule is CCCCCC/C=C\CCCCC/C=C\CCCCC(O)(C[N+](C)(C)C)P(=O)(O)O. The van der Waals surface area contributed by atoms with Crippen LogP contribution >= 0.6 is 7.60 Å². The Kier molecular flexibility index (Phi) is 16.0. The molecule has 0 saturated carbocycles. The van der Waals surface area contributed by atoms with Crippen LogP contribution in [0.1, 0.15) is 96.8 Å². The monoisotopic (exact) mass is 446 g/mol. The van der Waals surface area contributed by atoms with Gasteiger partial charge in [0.15, 0.2) is 0 Å². The van der Waals surface area contributed by atoms with Crippen molar-refractivity contribution in [1.82, 2.24) is 0 Å². The molecule has 0 fully saturated rings. The molecule has 3 N–H and O–H groups in total. The van der Waals surface area contributed by atoms with Gasteiger partial charge < -0.3 is 19.4 Å². The van der Waals surface area contributed by atoms with E-state index >= 15 is 0 Å². The van der Waals surface area contributed by atoms with Gasteiger partial charge in [0.1, 0.15) is 6.54 Å². The molecule has 0 saturated heterocycles. The summed E-state index contributed by atoms with van der Waals surface area (Å²) in [5, 5.41) is 8.58. The normalized spacial score (nSPS) is 15.3. The van der Waals surface area contributed by atoms with Crippen molar-refractivity contribution >= 4 is 7.60 Å². The van der Waals surface area contributed by atoms with Crippen molar-refractivity contribution in [1.29, 1.82) is 0 Å². The lowest BCUT2D eigenvalue weighted by atomic mass is 10.1. The predicted octanol–water partition coefficient (Wildman–Crippen LogP) is 6.15. The molecule has 0 spiro atoms. The van der Waals surface area contributed by atoms with E-state index in [-0.39, 0.29) is 13.0 Å². The average Bonchev–Trinajstić information content (AvgIpc) is 2.62. The molecule has 0 aliphatic carbocycles. The summed E-state index contributed by atoms with van der Waals surface area (Å²) in [4.78, 5) is 19.1. The lowest BCUT2D eigenvalue weighted by Gasteiger charge is -2.35. The largest absolute Gasteiger partial charge is 0.373 e. The highest BCUT2D eigenvalue weighted by atomic mass is 31.2. The summed E-state index contributed by atoms with van der Waals surface area (Å²) >= 11 is 0. The van der Waals surface area contributed by atoms with Gasteiger partial charge in [0.25, 0.3) is 0 Å². The molecule has 1 atom stereocenters. The van der Waals surface area contributed by atoms with Crippen LogP contribution in [0.3, 0.4) is 0 Å². The first kappa shape index (κ1) is 29.5. The highest BCUT2D eigenvalue weighted by molar-refractivity contribution is 7.53. The van der Waals surface area contributed by atoms with Crippen LogP contribution in [-0.2, 0) is 4.57 Å². The fraction of sp³-hybridized carbons (Fsp3) is 0.833. The minimum absolute atomic E-state index is 0.0428. The zero-order valence-corrected chi connectivity index (χ0v) is 21.0. The van der Waals surface area contributed by atoms with Gasteiger partial charge in [-0.3, -0.25) is 4.57 Å². The molecule has 0 aromatic heterocycles. The van der Waals surface area contributed by atoms with E-state index in [1.165, 1.54) is 57.8 Å². The Morgan fingerprint density at radius 1 is 0.733 bits per heavy atom. The fourth-order valence-electron chi connectivity index (χ4n) is 3.61. The fourth-order valence-corrected chi connectivity index (χ4v) is 4.67. The molecule has 30 heavy (non-hydrogen) atoms. The van der Waals surface area contributed by atoms with Crippen molar-refractivity contribution in [2.24, 2.45) is 0 Å². The first-order valence-electron chi connectivity index (χ1n) is 11.9. The van der Waals surface area contributed by atoms with Gasteiger partial charge in [0.2, 0.25) is 5.34 Å². The first-order chi connectivity index (χ1) is 14.0. The van der Waals surface area contributed by atoms with Crippen LogP contribution in [0.25, 0.3) is 0 Å². The molecule has 0 aromatic carbocycles. The minimum Gasteiger partial charge on any atom is -0.373 e. The van der Waals surface area contributed by atoms with Crippen LogP contribution in [0.4, 0.5) is 0 Å². The van der Waals surface area contributed by atoms with Gasteiger partial charge in [0.05, 0.1) is 21.1 Å². The van der Waals surface area contributed by atoms with Crippen molar-refractivity contribution < 1.29 is 23.9 Å². The number of hydrogen-bond acceptors (Lipinski definition) is 2. The molecule has 0 rings (SSSR count). The van der Waals surface area contributed by atoms with Crippen LogP contribution < -0.4 is 0 Å². The number of allylic oxidation sites excluding steroid dienone is 4. The van der Waals surface area contributed by atoms with E-state index in [1.54, 1.807) is 0 Å². The molecule has 0 aliphatic heterocycles. The van der Waals surface area contributed by atoms with Crippen molar-refractivity contribution in [2.75, 3.05) is 27.7 Å². The summed E-state index contributed by atoms with van der Waals surface area (Å²) in [5.41, 5.74) is 0. The van der Waals surface area contributed by atoms with Gasteiger partial charge in [-0.05, 0) is 64.2 Å². The highest BCUT2D eigenvalue weighted by Crippen LogP contribution is 2.52. The summed E-state index contributed by atoms with van der Waals surface area (Å²) in [6, 6.07) is 0. The predicted molar refractivity (Wildman–Crippen MR) is 128 cm³/mol. The van der Waals surface area contributed by atoms with E-state index in [0.717, 1.165) is 19.3 Å². The van der Waals surface area contributed by atoms with Crippen molar-refractivity contribution in [2.45, 2.75) is 102 Å². The van der Waals surface area contributed by atoms with E-state index in [0.29, 0.717) is 10.9 Å². The summed E-state index contributed by atoms with van der Waals surface area (Å²) in [7, 11) is 0.925. The maximum absolute atomic E-state index is 11.8. The maximum Gasteiger partial charge on any atom is 0.362 e. The summed E-state index contributed by atoms with van der Waals surface area (Å²) in [5.74, 6) is 0. The Balaban J connectivity index is 3.77. The third-order valence-corrected chi connectivity index (χ3v) is 6.72. The second kappa shape index (κ2) is 16.2. The molecule has 1 unspecified atom stereocenters. The summed E-state index contributed by atoms with van der Waals surface area (Å²) in [6.45, 7) is 2.29. The van der Waals surface area contributed by atoms with E-state index in [9.17, 15) is 19.5 Å². The molecule has 5 nitrogen and oxygen atoms in total. The smallest absolute Gasteiger partial charge is 0.362 e. The number of nitrogens with zero attached hydrogens (tertiary/aromatic N) is 1. The standard InChI is InChI=1S/C24H48NO4P/c1-5-6-7-8-9-10-11-12-13-14-15-16-17-18-19-20-21-22-24(26,30(27,28)29)23-25(2,3)4/h10-11,17-18,26H,5-9,12-16,19-23H2,1-4H3,(H-,27,28,29)/p+1/b11-10-,18-17-. The van der Waals surface area contributed by atoms with Gasteiger partial charge in [-0.25, -0.2) is 0 Å². The molecule has 0 heterocycles. The van der Waals surface area contributed by atoms with Crippen molar-refractivity contribution in [3.8, 4) is 0 Å².